The van der Waals surface area contributed by atoms with E-state index in [1.807, 2.05) is 89.1 Å². The maximum Gasteiger partial charge on any atom is 0.172 e. The van der Waals surface area contributed by atoms with Crippen molar-refractivity contribution >= 4 is 30.4 Å². The van der Waals surface area contributed by atoms with Crippen LogP contribution in [0.1, 0.15) is 60.5 Å². The zero-order chi connectivity index (χ0) is 30.9. The molecular formula is C33H52N6O3. The van der Waals surface area contributed by atoms with Gasteiger partial charge in [-0.2, -0.15) is 5.10 Å². The highest BCUT2D eigenvalue weighted by molar-refractivity contribution is 6.10. The summed E-state index contributed by atoms with van der Waals surface area (Å²) in [5, 5.41) is 15.3. The number of dihydropyridines is 1. The summed E-state index contributed by atoms with van der Waals surface area (Å²) in [6, 6.07) is 8.03. The lowest BCUT2D eigenvalue weighted by atomic mass is 10.00. The normalized spacial score (nSPS) is 23.1. The van der Waals surface area contributed by atoms with Crippen molar-refractivity contribution in [3.63, 3.8) is 0 Å². The molecule has 1 saturated heterocycles. The van der Waals surface area contributed by atoms with Gasteiger partial charge in [0.15, 0.2) is 23.8 Å². The molecule has 2 N–H and O–H groups in total. The van der Waals surface area contributed by atoms with Crippen molar-refractivity contribution < 1.29 is 14.6 Å². The van der Waals surface area contributed by atoms with Crippen molar-refractivity contribution in [3.8, 4) is 0 Å². The molecule has 0 aromatic heterocycles. The van der Waals surface area contributed by atoms with Crippen molar-refractivity contribution in [1.82, 2.24) is 9.80 Å². The van der Waals surface area contributed by atoms with Gasteiger partial charge in [-0.15, -0.1) is 0 Å². The standard InChI is InChI=1S/C29H40N6O3.2C2H6/c1-5-8-26-28(30-4)35(19-25(36)18-34-13-14-37-20-21(6-2)17-34)29-27(38-26)15-23(16-31-29)22-9-11-24(12-10-22)33-32-7-3;2*1-2/h5,7-12,15-16,21,25,27,29,33,36H,4,6,13-14,17-20H2,1-3H3;2*1-2H3/b8-5-,32-7-;;. The average Bonchev–Trinajstić information content (AvgIpc) is 3.27. The molecular weight excluding hydrogens is 528 g/mol. The Bertz CT molecular complexity index is 1100. The number of benzene rings is 1. The second-order valence-electron chi connectivity index (χ2n) is 9.73. The summed E-state index contributed by atoms with van der Waals surface area (Å²) in [4.78, 5) is 13.5. The summed E-state index contributed by atoms with van der Waals surface area (Å²) >= 11 is 0. The van der Waals surface area contributed by atoms with Crippen molar-refractivity contribution in [1.29, 1.82) is 0 Å². The molecule has 0 bridgehead atoms. The molecule has 0 radical (unpaired) electrons. The monoisotopic (exact) mass is 580 g/mol. The molecule has 3 aliphatic heterocycles. The van der Waals surface area contributed by atoms with Gasteiger partial charge in [-0.05, 0) is 68.3 Å². The van der Waals surface area contributed by atoms with Crippen molar-refractivity contribution in [2.45, 2.75) is 73.3 Å². The van der Waals surface area contributed by atoms with Gasteiger partial charge in [0.05, 0.1) is 25.0 Å². The largest absolute Gasteiger partial charge is 0.478 e. The fourth-order valence-corrected chi connectivity index (χ4v) is 4.99. The topological polar surface area (TPSA) is 94.3 Å². The minimum Gasteiger partial charge on any atom is -0.478 e. The summed E-state index contributed by atoms with van der Waals surface area (Å²) in [7, 11) is 0. The van der Waals surface area contributed by atoms with Crippen LogP contribution in [0.2, 0.25) is 0 Å². The quantitative estimate of drug-likeness (QED) is 0.268. The second-order valence-corrected chi connectivity index (χ2v) is 9.73. The highest BCUT2D eigenvalue weighted by Crippen LogP contribution is 2.33. The summed E-state index contributed by atoms with van der Waals surface area (Å²) in [6.45, 7) is 21.9. The van der Waals surface area contributed by atoms with E-state index >= 15 is 0 Å². The number of aliphatic hydroxyl groups excluding tert-OH is 1. The number of nitrogens with zero attached hydrogens (tertiary/aromatic N) is 5. The van der Waals surface area contributed by atoms with Gasteiger partial charge in [0, 0.05) is 38.6 Å². The molecule has 1 aromatic carbocycles. The molecule has 9 nitrogen and oxygen atoms in total. The van der Waals surface area contributed by atoms with Crippen LogP contribution in [0.4, 0.5) is 5.69 Å². The maximum absolute atomic E-state index is 11.2. The Morgan fingerprint density at radius 3 is 2.55 bits per heavy atom. The van der Waals surface area contributed by atoms with Crippen LogP contribution in [0.25, 0.3) is 5.57 Å². The summed E-state index contributed by atoms with van der Waals surface area (Å²) < 4.78 is 12.1. The fourth-order valence-electron chi connectivity index (χ4n) is 4.99. The number of aliphatic hydroxyl groups is 1. The first-order chi connectivity index (χ1) is 20.6. The van der Waals surface area contributed by atoms with Gasteiger partial charge in [0.1, 0.15) is 0 Å². The lowest BCUT2D eigenvalue weighted by molar-refractivity contribution is 0.00679. The number of nitrogens with one attached hydrogen (secondary N) is 1. The SMILES string of the molecule is C=NC1=C(/C=C\C)OC2C=C(c3ccc(N/N=C\C)cc3)C=NC2N1CC(O)CN1CCOCC(CC)C1.CC.CC. The molecule has 4 rings (SSSR count). The first-order valence-electron chi connectivity index (χ1n) is 15.4. The van der Waals surface area contributed by atoms with Crippen molar-refractivity contribution in [2.75, 3.05) is 44.8 Å². The molecule has 0 aliphatic carbocycles. The Labute approximate surface area is 253 Å². The van der Waals surface area contributed by atoms with E-state index in [0.717, 1.165) is 42.9 Å². The van der Waals surface area contributed by atoms with E-state index in [1.54, 1.807) is 6.21 Å². The molecule has 3 aliphatic rings. The van der Waals surface area contributed by atoms with Gasteiger partial charge in [-0.25, -0.2) is 4.99 Å². The van der Waals surface area contributed by atoms with Crippen LogP contribution < -0.4 is 5.43 Å². The van der Waals surface area contributed by atoms with E-state index in [0.29, 0.717) is 37.2 Å². The Balaban J connectivity index is 0.00000148. The fraction of sp³-hybridized carbons (Fsp3) is 0.545. The van der Waals surface area contributed by atoms with Gasteiger partial charge in [-0.1, -0.05) is 52.8 Å². The van der Waals surface area contributed by atoms with Gasteiger partial charge in [0.2, 0.25) is 0 Å². The van der Waals surface area contributed by atoms with Gasteiger partial charge >= 0.3 is 0 Å². The molecule has 0 spiro atoms. The van der Waals surface area contributed by atoms with Crippen molar-refractivity contribution in [2.24, 2.45) is 21.0 Å². The molecule has 0 amide bonds. The van der Waals surface area contributed by atoms with E-state index in [4.69, 9.17) is 14.5 Å². The third-order valence-corrected chi connectivity index (χ3v) is 6.96. The zero-order valence-corrected chi connectivity index (χ0v) is 26.7. The number of allylic oxidation sites excluding steroid dienone is 3. The molecule has 0 saturated carbocycles. The Hall–Kier alpha value is -3.27. The number of fused-ring (bicyclic) bond motifs is 1. The first-order valence-corrected chi connectivity index (χ1v) is 15.4. The van der Waals surface area contributed by atoms with E-state index < -0.39 is 6.10 Å². The maximum atomic E-state index is 11.2. The zero-order valence-electron chi connectivity index (χ0n) is 26.7. The van der Waals surface area contributed by atoms with E-state index in [-0.39, 0.29) is 12.3 Å². The number of hydrazone groups is 1. The van der Waals surface area contributed by atoms with Crippen LogP contribution in [-0.2, 0) is 9.47 Å². The van der Waals surface area contributed by atoms with Gasteiger partial charge in [-0.3, -0.25) is 15.3 Å². The summed E-state index contributed by atoms with van der Waals surface area (Å²) in [5.74, 6) is 1.70. The molecule has 4 atom stereocenters. The summed E-state index contributed by atoms with van der Waals surface area (Å²) in [6.07, 6.45) is 9.25. The van der Waals surface area contributed by atoms with Crippen LogP contribution in [0, 0.1) is 5.92 Å². The Kier molecular flexibility index (Phi) is 15.8. The van der Waals surface area contributed by atoms with Crippen LogP contribution in [0.3, 0.4) is 0 Å². The molecule has 4 unspecified atom stereocenters. The minimum atomic E-state index is -0.598. The van der Waals surface area contributed by atoms with E-state index in [1.165, 1.54) is 0 Å². The second kappa shape index (κ2) is 19.0. The third-order valence-electron chi connectivity index (χ3n) is 6.96. The van der Waals surface area contributed by atoms with Gasteiger partial charge < -0.3 is 19.5 Å². The molecule has 1 fully saturated rings. The molecule has 42 heavy (non-hydrogen) atoms. The third kappa shape index (κ3) is 9.64. The Morgan fingerprint density at radius 2 is 1.90 bits per heavy atom. The highest BCUT2D eigenvalue weighted by Gasteiger charge is 2.38. The number of anilines is 1. The molecule has 3 heterocycles. The lowest BCUT2D eigenvalue weighted by Crippen LogP contribution is -2.51. The number of hydrogen-bond donors (Lipinski definition) is 2. The predicted molar refractivity (Wildman–Crippen MR) is 177 cm³/mol. The molecule has 9 heteroatoms. The molecule has 1 aromatic rings. The van der Waals surface area contributed by atoms with Crippen LogP contribution >= 0.6 is 0 Å². The number of aliphatic imine (C=N–C) groups is 2. The lowest BCUT2D eigenvalue weighted by Gasteiger charge is -2.42. The smallest absolute Gasteiger partial charge is 0.172 e. The van der Waals surface area contributed by atoms with Crippen molar-refractivity contribution in [3.05, 3.63) is 59.6 Å². The minimum absolute atomic E-state index is 0.336. The predicted octanol–water partition coefficient (Wildman–Crippen LogP) is 5.82. The van der Waals surface area contributed by atoms with E-state index in [2.05, 4.69) is 40.1 Å². The Morgan fingerprint density at radius 1 is 1.17 bits per heavy atom. The van der Waals surface area contributed by atoms with Gasteiger partial charge in [0.25, 0.3) is 0 Å². The summed E-state index contributed by atoms with van der Waals surface area (Å²) in [5.41, 5.74) is 5.90. The number of β-amino-alcohol motifs (C(OH)–C–C–N with tert-alkyl or cyclic N) is 1. The highest BCUT2D eigenvalue weighted by atomic mass is 16.5. The van der Waals surface area contributed by atoms with Crippen LogP contribution in [0.5, 0.6) is 0 Å². The first kappa shape index (κ1) is 34.9. The van der Waals surface area contributed by atoms with E-state index in [9.17, 15) is 5.11 Å². The number of hydrogen-bond acceptors (Lipinski definition) is 9. The average molecular weight is 581 g/mol. The number of rotatable bonds is 10. The number of ether oxygens (including phenoxy) is 2. The molecule has 232 valence electrons. The van der Waals surface area contributed by atoms with Crippen LogP contribution in [0.15, 0.2) is 69.2 Å². The van der Waals surface area contributed by atoms with Crippen LogP contribution in [-0.4, -0.2) is 91.8 Å².